The average Bonchev–Trinajstić information content (AvgIpc) is 3.38. The van der Waals surface area contributed by atoms with Gasteiger partial charge in [0, 0.05) is 42.9 Å². The SMILES string of the molecule is O=C(O)CC(NC(=O)C1N(C(=O)Nc2ccc(F)cc2F)CCN1C(=O)c1cc(F)cc(F)c1)c1cccc([N+](=O)[O-])c1. The summed E-state index contributed by atoms with van der Waals surface area (Å²) in [4.78, 5) is 63.8. The van der Waals surface area contributed by atoms with Crippen molar-refractivity contribution in [3.63, 3.8) is 0 Å². The lowest BCUT2D eigenvalue weighted by atomic mass is 10.0. The molecular formula is C27H21F4N5O7. The summed E-state index contributed by atoms with van der Waals surface area (Å²) < 4.78 is 55.3. The third kappa shape index (κ3) is 7.03. The quantitative estimate of drug-likeness (QED) is 0.200. The molecule has 3 N–H and O–H groups in total. The number of nitro groups is 1. The van der Waals surface area contributed by atoms with Gasteiger partial charge in [-0.3, -0.25) is 29.4 Å². The minimum atomic E-state index is -1.86. The highest BCUT2D eigenvalue weighted by atomic mass is 19.1. The smallest absolute Gasteiger partial charge is 0.324 e. The minimum Gasteiger partial charge on any atom is -0.481 e. The largest absolute Gasteiger partial charge is 0.481 e. The van der Waals surface area contributed by atoms with E-state index < -0.39 is 87.6 Å². The molecule has 2 unspecified atom stereocenters. The third-order valence-corrected chi connectivity index (χ3v) is 6.39. The van der Waals surface area contributed by atoms with Gasteiger partial charge in [-0.1, -0.05) is 12.1 Å². The van der Waals surface area contributed by atoms with Crippen molar-refractivity contribution in [1.82, 2.24) is 15.1 Å². The molecule has 4 rings (SSSR count). The number of nitrogens with zero attached hydrogens (tertiary/aromatic N) is 3. The number of aliphatic carboxylic acids is 1. The fourth-order valence-electron chi connectivity index (χ4n) is 4.49. The Labute approximate surface area is 239 Å². The molecule has 3 aromatic carbocycles. The Balaban J connectivity index is 1.69. The maximum Gasteiger partial charge on any atom is 0.324 e. The number of carboxylic acid groups (broad SMARTS) is 1. The number of carbonyl (C=O) groups is 4. The van der Waals surface area contributed by atoms with Crippen molar-refractivity contribution in [2.75, 3.05) is 18.4 Å². The second-order valence-corrected chi connectivity index (χ2v) is 9.29. The summed E-state index contributed by atoms with van der Waals surface area (Å²) in [5.41, 5.74) is -1.38. The van der Waals surface area contributed by atoms with Crippen molar-refractivity contribution in [2.24, 2.45) is 0 Å². The number of anilines is 1. The van der Waals surface area contributed by atoms with E-state index in [1.54, 1.807) is 0 Å². The van der Waals surface area contributed by atoms with E-state index in [9.17, 15) is 52.0 Å². The van der Waals surface area contributed by atoms with E-state index >= 15 is 0 Å². The van der Waals surface area contributed by atoms with E-state index in [1.165, 1.54) is 12.1 Å². The zero-order valence-corrected chi connectivity index (χ0v) is 21.8. The zero-order chi connectivity index (χ0) is 31.4. The number of nitrogens with one attached hydrogen (secondary N) is 2. The van der Waals surface area contributed by atoms with Gasteiger partial charge in [0.15, 0.2) is 6.17 Å². The molecular weight excluding hydrogens is 582 g/mol. The number of hydrogen-bond donors (Lipinski definition) is 3. The molecule has 1 fully saturated rings. The molecule has 0 bridgehead atoms. The van der Waals surface area contributed by atoms with Gasteiger partial charge in [-0.15, -0.1) is 0 Å². The van der Waals surface area contributed by atoms with Crippen molar-refractivity contribution in [1.29, 1.82) is 0 Å². The highest BCUT2D eigenvalue weighted by Gasteiger charge is 2.44. The summed E-state index contributed by atoms with van der Waals surface area (Å²) in [5, 5.41) is 25.2. The van der Waals surface area contributed by atoms with Crippen molar-refractivity contribution in [2.45, 2.75) is 18.6 Å². The zero-order valence-electron chi connectivity index (χ0n) is 21.8. The number of urea groups is 1. The van der Waals surface area contributed by atoms with Gasteiger partial charge in [0.2, 0.25) is 0 Å². The fraction of sp³-hybridized carbons (Fsp3) is 0.185. The van der Waals surface area contributed by atoms with E-state index in [4.69, 9.17) is 0 Å². The molecule has 2 atom stereocenters. The Morgan fingerprint density at radius 3 is 2.23 bits per heavy atom. The van der Waals surface area contributed by atoms with Gasteiger partial charge in [0.25, 0.3) is 17.5 Å². The Kier molecular flexibility index (Phi) is 8.87. The number of nitro benzene ring substituents is 1. The number of rotatable bonds is 8. The average molecular weight is 603 g/mol. The summed E-state index contributed by atoms with van der Waals surface area (Å²) >= 11 is 0. The molecule has 1 heterocycles. The van der Waals surface area contributed by atoms with Gasteiger partial charge in [-0.05, 0) is 29.8 Å². The minimum absolute atomic E-state index is 0.0115. The van der Waals surface area contributed by atoms with Crippen LogP contribution in [0, 0.1) is 33.4 Å². The van der Waals surface area contributed by atoms with Crippen LogP contribution < -0.4 is 10.6 Å². The summed E-state index contributed by atoms with van der Waals surface area (Å²) in [6, 6.07) is 6.40. The number of non-ortho nitro benzene ring substituents is 1. The molecule has 0 aliphatic carbocycles. The predicted molar refractivity (Wildman–Crippen MR) is 139 cm³/mol. The highest BCUT2D eigenvalue weighted by molar-refractivity contribution is 6.00. The molecule has 0 radical (unpaired) electrons. The first kappa shape index (κ1) is 30.4. The van der Waals surface area contributed by atoms with Crippen LogP contribution in [0.25, 0.3) is 0 Å². The first-order chi connectivity index (χ1) is 20.3. The number of hydrogen-bond acceptors (Lipinski definition) is 6. The summed E-state index contributed by atoms with van der Waals surface area (Å²) in [5.74, 6) is -7.91. The van der Waals surface area contributed by atoms with E-state index in [2.05, 4.69) is 10.6 Å². The molecule has 1 aliphatic heterocycles. The molecule has 1 saturated heterocycles. The van der Waals surface area contributed by atoms with Crippen molar-refractivity contribution in [3.8, 4) is 0 Å². The Hall–Kier alpha value is -5.54. The number of benzene rings is 3. The second kappa shape index (κ2) is 12.5. The normalized spacial score (nSPS) is 15.1. The monoisotopic (exact) mass is 603 g/mol. The first-order valence-corrected chi connectivity index (χ1v) is 12.4. The predicted octanol–water partition coefficient (Wildman–Crippen LogP) is 3.80. The lowest BCUT2D eigenvalue weighted by Gasteiger charge is -2.31. The van der Waals surface area contributed by atoms with Crippen LogP contribution in [0.1, 0.15) is 28.4 Å². The number of amides is 4. The standard InChI is InChI=1S/C27H21F4N5O7/c28-16-4-5-21(20(31)12-16)33-27(41)35-7-6-34(26(40)15-8-17(29)11-18(30)9-15)25(35)24(39)32-22(13-23(37)38)14-2-1-3-19(10-14)36(42)43/h1-5,8-12,22,25H,6-7,13H2,(H,32,39)(H,33,41)(H,37,38). The number of halogens is 4. The maximum absolute atomic E-state index is 14.2. The topological polar surface area (TPSA) is 162 Å². The van der Waals surface area contributed by atoms with Crippen molar-refractivity contribution >= 4 is 35.2 Å². The van der Waals surface area contributed by atoms with E-state index in [-0.39, 0.29) is 18.7 Å². The molecule has 3 aromatic rings. The van der Waals surface area contributed by atoms with Gasteiger partial charge in [-0.25, -0.2) is 22.4 Å². The Morgan fingerprint density at radius 2 is 1.60 bits per heavy atom. The lowest BCUT2D eigenvalue weighted by molar-refractivity contribution is -0.384. The summed E-state index contributed by atoms with van der Waals surface area (Å²) in [7, 11) is 0. The van der Waals surface area contributed by atoms with Crippen LogP contribution >= 0.6 is 0 Å². The Bertz CT molecular complexity index is 1600. The molecule has 1 aliphatic rings. The van der Waals surface area contributed by atoms with Gasteiger partial charge in [0.05, 0.1) is 23.1 Å². The van der Waals surface area contributed by atoms with Crippen LogP contribution in [-0.4, -0.2) is 62.9 Å². The van der Waals surface area contributed by atoms with Crippen LogP contribution in [0.4, 0.5) is 33.7 Å². The van der Waals surface area contributed by atoms with E-state index in [1.807, 2.05) is 0 Å². The second-order valence-electron chi connectivity index (χ2n) is 9.29. The third-order valence-electron chi connectivity index (χ3n) is 6.39. The lowest BCUT2D eigenvalue weighted by Crippen LogP contribution is -2.55. The number of carbonyl (C=O) groups excluding carboxylic acids is 3. The molecule has 4 amide bonds. The van der Waals surface area contributed by atoms with Gasteiger partial charge >= 0.3 is 12.0 Å². The van der Waals surface area contributed by atoms with Crippen LogP contribution in [0.15, 0.2) is 60.7 Å². The van der Waals surface area contributed by atoms with Crippen LogP contribution in [0.3, 0.4) is 0 Å². The number of carboxylic acids is 1. The van der Waals surface area contributed by atoms with Crippen LogP contribution in [0.5, 0.6) is 0 Å². The molecule has 0 saturated carbocycles. The first-order valence-electron chi connectivity index (χ1n) is 12.4. The molecule has 224 valence electrons. The van der Waals surface area contributed by atoms with Crippen molar-refractivity contribution < 1.29 is 46.8 Å². The van der Waals surface area contributed by atoms with E-state index in [0.717, 1.165) is 34.1 Å². The van der Waals surface area contributed by atoms with Gasteiger partial charge in [0.1, 0.15) is 23.3 Å². The maximum atomic E-state index is 14.2. The molecule has 43 heavy (non-hydrogen) atoms. The highest BCUT2D eigenvalue weighted by Crippen LogP contribution is 2.26. The summed E-state index contributed by atoms with van der Waals surface area (Å²) in [6.45, 7) is -0.703. The molecule has 0 aromatic heterocycles. The van der Waals surface area contributed by atoms with Gasteiger partial charge < -0.3 is 20.6 Å². The fourth-order valence-corrected chi connectivity index (χ4v) is 4.49. The molecule has 16 heteroatoms. The summed E-state index contributed by atoms with van der Waals surface area (Å²) in [6.07, 6.45) is -2.63. The molecule has 0 spiro atoms. The van der Waals surface area contributed by atoms with Crippen LogP contribution in [-0.2, 0) is 9.59 Å². The van der Waals surface area contributed by atoms with Crippen LogP contribution in [0.2, 0.25) is 0 Å². The van der Waals surface area contributed by atoms with E-state index in [0.29, 0.717) is 24.3 Å². The van der Waals surface area contributed by atoms with Crippen molar-refractivity contribution in [3.05, 3.63) is 105 Å². The Morgan fingerprint density at radius 1 is 0.930 bits per heavy atom. The molecule has 12 nitrogen and oxygen atoms in total. The van der Waals surface area contributed by atoms with Gasteiger partial charge in [-0.2, -0.15) is 0 Å².